The first kappa shape index (κ1) is 15.0. The minimum Gasteiger partial charge on any atom is -0.353 e. The van der Waals surface area contributed by atoms with E-state index in [9.17, 15) is 13.2 Å². The topological polar surface area (TPSA) is 62.7 Å². The van der Waals surface area contributed by atoms with Gasteiger partial charge < -0.3 is 10.6 Å². The van der Waals surface area contributed by atoms with Crippen LogP contribution in [0.4, 0.5) is 30.6 Å². The second kappa shape index (κ2) is 6.38. The molecule has 0 aliphatic heterocycles. The molecule has 0 atom stereocenters. The van der Waals surface area contributed by atoms with E-state index >= 15 is 0 Å². The van der Waals surface area contributed by atoms with Gasteiger partial charge in [-0.05, 0) is 18.1 Å². The summed E-state index contributed by atoms with van der Waals surface area (Å²) in [7, 11) is 0. The van der Waals surface area contributed by atoms with Crippen molar-refractivity contribution in [2.75, 3.05) is 17.2 Å². The molecule has 21 heavy (non-hydrogen) atoms. The quantitative estimate of drug-likeness (QED) is 0.830. The summed E-state index contributed by atoms with van der Waals surface area (Å²) in [6.45, 7) is 4.67. The standard InChI is InChI=1S/C13H14F3N5/c1-7(2)5-17-13-20-10(6-18-21-13)19-9-4-3-8(14)11(15)12(9)16/h3-4,6-7H,5H2,1-2H3,(H2,17,19,20,21). The Morgan fingerprint density at radius 2 is 1.90 bits per heavy atom. The number of halogens is 3. The molecule has 1 aromatic carbocycles. The monoisotopic (exact) mass is 297 g/mol. The van der Waals surface area contributed by atoms with Crippen LogP contribution in [0.15, 0.2) is 18.3 Å². The molecule has 2 rings (SSSR count). The summed E-state index contributed by atoms with van der Waals surface area (Å²) < 4.78 is 39.5. The van der Waals surface area contributed by atoms with Crippen molar-refractivity contribution in [3.63, 3.8) is 0 Å². The van der Waals surface area contributed by atoms with E-state index in [2.05, 4.69) is 25.8 Å². The molecule has 0 unspecified atom stereocenters. The molecule has 0 spiro atoms. The lowest BCUT2D eigenvalue weighted by molar-refractivity contribution is 0.449. The van der Waals surface area contributed by atoms with E-state index in [1.807, 2.05) is 13.8 Å². The fraction of sp³-hybridized carbons (Fsp3) is 0.308. The molecule has 0 bridgehead atoms. The Hall–Kier alpha value is -2.38. The highest BCUT2D eigenvalue weighted by Gasteiger charge is 2.14. The van der Waals surface area contributed by atoms with Crippen molar-refractivity contribution in [2.45, 2.75) is 13.8 Å². The largest absolute Gasteiger partial charge is 0.353 e. The molecular formula is C13H14F3N5. The maximum absolute atomic E-state index is 13.5. The van der Waals surface area contributed by atoms with E-state index < -0.39 is 17.5 Å². The molecule has 0 radical (unpaired) electrons. The molecule has 1 heterocycles. The number of rotatable bonds is 5. The number of nitrogens with one attached hydrogen (secondary N) is 2. The third kappa shape index (κ3) is 3.80. The van der Waals surface area contributed by atoms with Crippen LogP contribution in [-0.2, 0) is 0 Å². The first-order chi connectivity index (χ1) is 9.97. The van der Waals surface area contributed by atoms with Gasteiger partial charge in [0.2, 0.25) is 5.95 Å². The summed E-state index contributed by atoms with van der Waals surface area (Å²) in [6.07, 6.45) is 1.25. The average Bonchev–Trinajstić information content (AvgIpc) is 2.46. The van der Waals surface area contributed by atoms with E-state index in [0.717, 1.165) is 12.1 Å². The van der Waals surface area contributed by atoms with Gasteiger partial charge in [-0.1, -0.05) is 13.8 Å². The Morgan fingerprint density at radius 3 is 2.62 bits per heavy atom. The van der Waals surface area contributed by atoms with Gasteiger partial charge in [0.1, 0.15) is 0 Å². The average molecular weight is 297 g/mol. The first-order valence-electron chi connectivity index (χ1n) is 6.31. The second-order valence-electron chi connectivity index (χ2n) is 4.79. The van der Waals surface area contributed by atoms with E-state index in [0.29, 0.717) is 12.5 Å². The summed E-state index contributed by atoms with van der Waals surface area (Å²) in [5.74, 6) is -3.30. The lowest BCUT2D eigenvalue weighted by atomic mass is 10.2. The molecule has 0 aliphatic carbocycles. The Kier molecular flexibility index (Phi) is 4.56. The van der Waals surface area contributed by atoms with Gasteiger partial charge in [-0.2, -0.15) is 10.1 Å². The van der Waals surface area contributed by atoms with E-state index in [4.69, 9.17) is 0 Å². The van der Waals surface area contributed by atoms with Crippen molar-refractivity contribution in [1.29, 1.82) is 0 Å². The van der Waals surface area contributed by atoms with Crippen molar-refractivity contribution in [3.8, 4) is 0 Å². The van der Waals surface area contributed by atoms with Crippen LogP contribution >= 0.6 is 0 Å². The number of benzene rings is 1. The molecule has 0 saturated heterocycles. The van der Waals surface area contributed by atoms with Gasteiger partial charge in [-0.3, -0.25) is 0 Å². The van der Waals surface area contributed by atoms with Crippen LogP contribution < -0.4 is 10.6 Å². The molecule has 1 aromatic heterocycles. The molecular weight excluding hydrogens is 283 g/mol. The van der Waals surface area contributed by atoms with Crippen LogP contribution in [0.1, 0.15) is 13.8 Å². The number of hydrogen-bond donors (Lipinski definition) is 2. The minimum atomic E-state index is -1.54. The third-order valence-corrected chi connectivity index (χ3v) is 2.53. The van der Waals surface area contributed by atoms with Crippen molar-refractivity contribution < 1.29 is 13.2 Å². The Labute approximate surface area is 119 Å². The zero-order chi connectivity index (χ0) is 15.4. The van der Waals surface area contributed by atoms with Crippen molar-refractivity contribution in [1.82, 2.24) is 15.2 Å². The van der Waals surface area contributed by atoms with Crippen LogP contribution in [0.2, 0.25) is 0 Å². The fourth-order valence-corrected chi connectivity index (χ4v) is 1.49. The molecule has 0 aliphatic rings. The molecule has 112 valence electrons. The minimum absolute atomic E-state index is 0.168. The van der Waals surface area contributed by atoms with Crippen molar-refractivity contribution in [2.24, 2.45) is 5.92 Å². The maximum Gasteiger partial charge on any atom is 0.244 e. The summed E-state index contributed by atoms with van der Waals surface area (Å²) >= 11 is 0. The lowest BCUT2D eigenvalue weighted by Gasteiger charge is -2.09. The zero-order valence-electron chi connectivity index (χ0n) is 11.5. The Balaban J connectivity index is 2.16. The van der Waals surface area contributed by atoms with Gasteiger partial charge in [0.05, 0.1) is 11.9 Å². The predicted octanol–water partition coefficient (Wildman–Crippen LogP) is 3.10. The van der Waals surface area contributed by atoms with Crippen LogP contribution in [-0.4, -0.2) is 21.7 Å². The maximum atomic E-state index is 13.5. The number of hydrogen-bond acceptors (Lipinski definition) is 5. The summed E-state index contributed by atoms with van der Waals surface area (Å²) in [4.78, 5) is 4.05. The SMILES string of the molecule is CC(C)CNc1nncc(Nc2ccc(F)c(F)c2F)n1. The molecule has 2 N–H and O–H groups in total. The second-order valence-corrected chi connectivity index (χ2v) is 4.79. The van der Waals surface area contributed by atoms with Gasteiger partial charge in [-0.25, -0.2) is 13.2 Å². The van der Waals surface area contributed by atoms with Crippen molar-refractivity contribution >= 4 is 17.5 Å². The third-order valence-electron chi connectivity index (χ3n) is 2.53. The molecule has 2 aromatic rings. The van der Waals surface area contributed by atoms with Gasteiger partial charge >= 0.3 is 0 Å². The fourth-order valence-electron chi connectivity index (χ4n) is 1.49. The molecule has 5 nitrogen and oxygen atoms in total. The highest BCUT2D eigenvalue weighted by molar-refractivity contribution is 5.57. The van der Waals surface area contributed by atoms with E-state index in [1.165, 1.54) is 6.20 Å². The summed E-state index contributed by atoms with van der Waals surface area (Å²) in [5.41, 5.74) is -0.232. The normalized spacial score (nSPS) is 10.8. The van der Waals surface area contributed by atoms with Crippen LogP contribution in [0.5, 0.6) is 0 Å². The van der Waals surface area contributed by atoms with Gasteiger partial charge in [0.25, 0.3) is 0 Å². The van der Waals surface area contributed by atoms with Crippen LogP contribution in [0, 0.1) is 23.4 Å². The Morgan fingerprint density at radius 1 is 1.14 bits per heavy atom. The Bertz CT molecular complexity index is 633. The lowest BCUT2D eigenvalue weighted by Crippen LogP contribution is -2.12. The van der Waals surface area contributed by atoms with E-state index in [1.54, 1.807) is 0 Å². The van der Waals surface area contributed by atoms with Crippen LogP contribution in [0.3, 0.4) is 0 Å². The number of nitrogens with zero attached hydrogens (tertiary/aromatic N) is 3. The smallest absolute Gasteiger partial charge is 0.244 e. The van der Waals surface area contributed by atoms with E-state index in [-0.39, 0.29) is 17.5 Å². The highest BCUT2D eigenvalue weighted by atomic mass is 19.2. The predicted molar refractivity (Wildman–Crippen MR) is 72.8 cm³/mol. The van der Waals surface area contributed by atoms with Crippen molar-refractivity contribution in [3.05, 3.63) is 35.8 Å². The first-order valence-corrected chi connectivity index (χ1v) is 6.31. The van der Waals surface area contributed by atoms with Gasteiger partial charge in [-0.15, -0.1) is 5.10 Å². The van der Waals surface area contributed by atoms with Crippen LogP contribution in [0.25, 0.3) is 0 Å². The number of aromatic nitrogens is 3. The van der Waals surface area contributed by atoms with Gasteiger partial charge in [0.15, 0.2) is 23.3 Å². The molecule has 0 amide bonds. The molecule has 0 fully saturated rings. The zero-order valence-corrected chi connectivity index (χ0v) is 11.5. The highest BCUT2D eigenvalue weighted by Crippen LogP contribution is 2.22. The molecule has 8 heteroatoms. The summed E-state index contributed by atoms with van der Waals surface area (Å²) in [5, 5.41) is 13.0. The number of anilines is 3. The van der Waals surface area contributed by atoms with Gasteiger partial charge in [0, 0.05) is 6.54 Å². The summed E-state index contributed by atoms with van der Waals surface area (Å²) in [6, 6.07) is 1.91. The molecule has 0 saturated carbocycles.